The molecule has 1 aliphatic heterocycles. The summed E-state index contributed by atoms with van der Waals surface area (Å²) in [6.07, 6.45) is 5.13. The average molecular weight is 502 g/mol. The van der Waals surface area contributed by atoms with Crippen LogP contribution in [0, 0.1) is 0 Å². The summed E-state index contributed by atoms with van der Waals surface area (Å²) >= 11 is 0. The Morgan fingerprint density at radius 2 is 2.04 bits per heavy atom. The van der Waals surface area contributed by atoms with Gasteiger partial charge in [-0.1, -0.05) is 25.0 Å². The smallest absolute Gasteiger partial charge is 0.191 e. The molecule has 2 aliphatic rings. The Labute approximate surface area is 186 Å². The lowest BCUT2D eigenvalue weighted by atomic mass is 10.2. The van der Waals surface area contributed by atoms with Crippen molar-refractivity contribution in [3.05, 3.63) is 29.8 Å². The van der Waals surface area contributed by atoms with Gasteiger partial charge in [0.2, 0.25) is 0 Å². The summed E-state index contributed by atoms with van der Waals surface area (Å²) < 4.78 is 11.3. The molecule has 0 spiro atoms. The molecule has 0 amide bonds. The molecule has 158 valence electrons. The van der Waals surface area contributed by atoms with Crippen molar-refractivity contribution in [1.82, 2.24) is 15.5 Å². The van der Waals surface area contributed by atoms with E-state index in [0.717, 1.165) is 51.1 Å². The Morgan fingerprint density at radius 1 is 1.25 bits per heavy atom. The second kappa shape index (κ2) is 13.2. The fourth-order valence-electron chi connectivity index (χ4n) is 3.60. The minimum absolute atomic E-state index is 0. The molecule has 28 heavy (non-hydrogen) atoms. The van der Waals surface area contributed by atoms with E-state index in [4.69, 9.17) is 14.5 Å². The minimum Gasteiger partial charge on any atom is -0.492 e. The molecular weight excluding hydrogens is 467 g/mol. The van der Waals surface area contributed by atoms with Crippen LogP contribution >= 0.6 is 24.0 Å². The van der Waals surface area contributed by atoms with Crippen LogP contribution in [0.25, 0.3) is 0 Å². The van der Waals surface area contributed by atoms with E-state index < -0.39 is 0 Å². The van der Waals surface area contributed by atoms with Crippen molar-refractivity contribution in [3.63, 3.8) is 0 Å². The summed E-state index contributed by atoms with van der Waals surface area (Å²) in [5.41, 5.74) is 1.17. The van der Waals surface area contributed by atoms with Crippen LogP contribution in [-0.2, 0) is 11.3 Å². The van der Waals surface area contributed by atoms with Crippen LogP contribution in [0.2, 0.25) is 0 Å². The van der Waals surface area contributed by atoms with Crippen molar-refractivity contribution in [2.24, 2.45) is 4.99 Å². The molecule has 1 heterocycles. The van der Waals surface area contributed by atoms with E-state index in [1.54, 1.807) is 0 Å². The van der Waals surface area contributed by atoms with Crippen molar-refractivity contribution >= 4 is 29.9 Å². The van der Waals surface area contributed by atoms with E-state index in [0.29, 0.717) is 19.2 Å². The lowest BCUT2D eigenvalue weighted by molar-refractivity contribution is 0.0322. The molecule has 0 bridgehead atoms. The highest BCUT2D eigenvalue weighted by atomic mass is 127. The second-order valence-electron chi connectivity index (χ2n) is 7.27. The highest BCUT2D eigenvalue weighted by molar-refractivity contribution is 14.0. The zero-order valence-corrected chi connectivity index (χ0v) is 19.3. The second-order valence-corrected chi connectivity index (χ2v) is 7.27. The number of nitrogens with zero attached hydrogens (tertiary/aromatic N) is 2. The van der Waals surface area contributed by atoms with Crippen LogP contribution in [0.5, 0.6) is 5.75 Å². The minimum atomic E-state index is 0. The Kier molecular flexibility index (Phi) is 11.0. The largest absolute Gasteiger partial charge is 0.492 e. The molecule has 0 unspecified atom stereocenters. The van der Waals surface area contributed by atoms with Gasteiger partial charge in [-0.15, -0.1) is 24.0 Å². The first-order valence-corrected chi connectivity index (χ1v) is 10.4. The number of morpholine rings is 1. The molecule has 3 rings (SSSR count). The normalized spacial score (nSPS) is 18.5. The van der Waals surface area contributed by atoms with Gasteiger partial charge in [0.25, 0.3) is 0 Å². The van der Waals surface area contributed by atoms with Gasteiger partial charge in [-0.3, -0.25) is 4.90 Å². The first-order valence-electron chi connectivity index (χ1n) is 10.4. The van der Waals surface area contributed by atoms with Crippen molar-refractivity contribution in [2.75, 3.05) is 46.0 Å². The fraction of sp³-hybridized carbons (Fsp3) is 0.667. The number of aliphatic imine (C=N–C) groups is 1. The van der Waals surface area contributed by atoms with Gasteiger partial charge in [-0.25, -0.2) is 4.99 Å². The first-order chi connectivity index (χ1) is 13.3. The number of ether oxygens (including phenoxy) is 2. The maximum Gasteiger partial charge on any atom is 0.191 e. The third-order valence-corrected chi connectivity index (χ3v) is 5.14. The Balaban J connectivity index is 0.00000280. The number of halogens is 1. The first kappa shape index (κ1) is 23.2. The molecule has 0 radical (unpaired) electrons. The van der Waals surface area contributed by atoms with E-state index >= 15 is 0 Å². The standard InChI is InChI=1S/C21H34N4O2.HI/c1-2-22-21(24-19-7-3-4-8-19)23-17-18-6-5-9-20(16-18)27-15-12-25-10-13-26-14-11-25;/h5-6,9,16,19H,2-4,7-8,10-15,17H2,1H3,(H2,22,23,24);1H. The highest BCUT2D eigenvalue weighted by Crippen LogP contribution is 2.18. The molecule has 7 heteroatoms. The number of hydrogen-bond acceptors (Lipinski definition) is 4. The van der Waals surface area contributed by atoms with Gasteiger partial charge in [-0.2, -0.15) is 0 Å². The van der Waals surface area contributed by atoms with Crippen molar-refractivity contribution in [2.45, 2.75) is 45.2 Å². The van der Waals surface area contributed by atoms with E-state index in [2.05, 4.69) is 34.6 Å². The Morgan fingerprint density at radius 3 is 2.79 bits per heavy atom. The van der Waals surface area contributed by atoms with Crippen LogP contribution in [0.15, 0.2) is 29.3 Å². The topological polar surface area (TPSA) is 58.1 Å². The third-order valence-electron chi connectivity index (χ3n) is 5.14. The number of benzene rings is 1. The molecule has 1 saturated heterocycles. The van der Waals surface area contributed by atoms with Crippen LogP contribution in [0.3, 0.4) is 0 Å². The van der Waals surface area contributed by atoms with Crippen LogP contribution < -0.4 is 15.4 Å². The van der Waals surface area contributed by atoms with Crippen molar-refractivity contribution < 1.29 is 9.47 Å². The lowest BCUT2D eigenvalue weighted by Gasteiger charge is -2.26. The molecule has 1 saturated carbocycles. The molecule has 6 nitrogen and oxygen atoms in total. The van der Waals surface area contributed by atoms with Gasteiger partial charge >= 0.3 is 0 Å². The maximum atomic E-state index is 5.95. The van der Waals surface area contributed by atoms with Gasteiger partial charge in [0, 0.05) is 32.2 Å². The summed E-state index contributed by atoms with van der Waals surface area (Å²) in [5.74, 6) is 1.84. The van der Waals surface area contributed by atoms with Crippen LogP contribution in [0.1, 0.15) is 38.2 Å². The summed E-state index contributed by atoms with van der Waals surface area (Å²) in [6, 6.07) is 8.85. The van der Waals surface area contributed by atoms with E-state index in [1.165, 1.54) is 31.2 Å². The van der Waals surface area contributed by atoms with E-state index in [1.807, 2.05) is 12.1 Å². The Bertz CT molecular complexity index is 588. The van der Waals surface area contributed by atoms with Gasteiger partial charge in [-0.05, 0) is 37.5 Å². The third kappa shape index (κ3) is 8.13. The quantitative estimate of drug-likeness (QED) is 0.325. The summed E-state index contributed by atoms with van der Waals surface area (Å²) in [5, 5.41) is 6.92. The molecule has 2 N–H and O–H groups in total. The van der Waals surface area contributed by atoms with Crippen LogP contribution in [-0.4, -0.2) is 62.9 Å². The van der Waals surface area contributed by atoms with Gasteiger partial charge in [0.1, 0.15) is 12.4 Å². The number of hydrogen-bond donors (Lipinski definition) is 2. The highest BCUT2D eigenvalue weighted by Gasteiger charge is 2.15. The van der Waals surface area contributed by atoms with Crippen LogP contribution in [0.4, 0.5) is 0 Å². The summed E-state index contributed by atoms with van der Waals surface area (Å²) in [6.45, 7) is 8.95. The zero-order chi connectivity index (χ0) is 18.7. The summed E-state index contributed by atoms with van der Waals surface area (Å²) in [4.78, 5) is 7.14. The predicted octanol–water partition coefficient (Wildman–Crippen LogP) is 3.01. The fourth-order valence-corrected chi connectivity index (χ4v) is 3.60. The Hall–Kier alpha value is -1.06. The van der Waals surface area contributed by atoms with Crippen molar-refractivity contribution in [1.29, 1.82) is 0 Å². The van der Waals surface area contributed by atoms with E-state index in [-0.39, 0.29) is 24.0 Å². The molecular formula is C21H35IN4O2. The van der Waals surface area contributed by atoms with E-state index in [9.17, 15) is 0 Å². The predicted molar refractivity (Wildman–Crippen MR) is 125 cm³/mol. The zero-order valence-electron chi connectivity index (χ0n) is 17.0. The molecule has 0 aromatic heterocycles. The van der Waals surface area contributed by atoms with Gasteiger partial charge in [0.05, 0.1) is 19.8 Å². The summed E-state index contributed by atoms with van der Waals surface area (Å²) in [7, 11) is 0. The monoisotopic (exact) mass is 502 g/mol. The molecule has 1 aromatic rings. The lowest BCUT2D eigenvalue weighted by Crippen LogP contribution is -2.42. The van der Waals surface area contributed by atoms with Gasteiger partial charge < -0.3 is 20.1 Å². The molecule has 1 aliphatic carbocycles. The van der Waals surface area contributed by atoms with Gasteiger partial charge in [0.15, 0.2) is 5.96 Å². The molecule has 0 atom stereocenters. The van der Waals surface area contributed by atoms with Crippen molar-refractivity contribution in [3.8, 4) is 5.75 Å². The number of rotatable bonds is 8. The average Bonchev–Trinajstić information content (AvgIpc) is 3.21. The molecule has 1 aromatic carbocycles. The molecule has 2 fully saturated rings. The SMILES string of the molecule is CCNC(=NCc1cccc(OCCN2CCOCC2)c1)NC1CCCC1.I. The number of nitrogens with one attached hydrogen (secondary N) is 2. The maximum absolute atomic E-state index is 5.95. The number of guanidine groups is 1.